The van der Waals surface area contributed by atoms with Crippen molar-refractivity contribution in [2.75, 3.05) is 6.54 Å². The highest BCUT2D eigenvalue weighted by Gasteiger charge is 2.53. The Balaban J connectivity index is 1.60. The fraction of sp³-hybridized carbons (Fsp3) is 0.786. The molecule has 0 unspecified atom stereocenters. The summed E-state index contributed by atoms with van der Waals surface area (Å²) in [4.78, 5) is 4.32. The van der Waals surface area contributed by atoms with E-state index in [9.17, 15) is 0 Å². The lowest BCUT2D eigenvalue weighted by Crippen LogP contribution is -2.20. The van der Waals surface area contributed by atoms with Crippen LogP contribution < -0.4 is 5.32 Å². The summed E-state index contributed by atoms with van der Waals surface area (Å²) in [6, 6.07) is 0. The average Bonchev–Trinajstić information content (AvgIpc) is 3.20. The van der Waals surface area contributed by atoms with Crippen molar-refractivity contribution in [3.05, 3.63) is 18.2 Å². The third-order valence-electron chi connectivity index (χ3n) is 4.35. The molecular formula is C14H23N3. The second-order valence-corrected chi connectivity index (χ2v) is 5.83. The van der Waals surface area contributed by atoms with Gasteiger partial charge in [0.2, 0.25) is 0 Å². The molecule has 2 aliphatic rings. The van der Waals surface area contributed by atoms with Gasteiger partial charge in [0.25, 0.3) is 0 Å². The van der Waals surface area contributed by atoms with Gasteiger partial charge in [-0.2, -0.15) is 0 Å². The quantitative estimate of drug-likeness (QED) is 0.734. The van der Waals surface area contributed by atoms with Crippen LogP contribution >= 0.6 is 0 Å². The molecule has 3 rings (SSSR count). The average molecular weight is 233 g/mol. The fourth-order valence-electron chi connectivity index (χ4n) is 2.92. The molecule has 0 amide bonds. The molecule has 0 radical (unpaired) electrons. The number of rotatable bonds is 7. The molecule has 0 atom stereocenters. The molecule has 2 saturated carbocycles. The van der Waals surface area contributed by atoms with Gasteiger partial charge >= 0.3 is 0 Å². The fourth-order valence-corrected chi connectivity index (χ4v) is 2.92. The molecule has 1 N–H and O–H groups in total. The predicted octanol–water partition coefficient (Wildman–Crippen LogP) is 2.57. The van der Waals surface area contributed by atoms with Crippen molar-refractivity contribution in [1.82, 2.24) is 14.9 Å². The molecule has 3 nitrogen and oxygen atoms in total. The van der Waals surface area contributed by atoms with E-state index in [2.05, 4.69) is 21.8 Å². The second-order valence-electron chi connectivity index (χ2n) is 5.83. The first-order valence-electron chi connectivity index (χ1n) is 7.04. The first kappa shape index (κ1) is 11.3. The van der Waals surface area contributed by atoms with E-state index in [-0.39, 0.29) is 0 Å². The van der Waals surface area contributed by atoms with E-state index in [4.69, 9.17) is 0 Å². The minimum Gasteiger partial charge on any atom is -0.333 e. The molecule has 2 aliphatic carbocycles. The second kappa shape index (κ2) is 4.45. The van der Waals surface area contributed by atoms with E-state index < -0.39 is 0 Å². The van der Waals surface area contributed by atoms with Gasteiger partial charge in [0.15, 0.2) is 0 Å². The first-order chi connectivity index (χ1) is 8.34. The van der Waals surface area contributed by atoms with Crippen LogP contribution in [0.3, 0.4) is 0 Å². The lowest BCUT2D eigenvalue weighted by Gasteiger charge is -2.17. The van der Waals surface area contributed by atoms with Crippen LogP contribution in [0.4, 0.5) is 0 Å². The lowest BCUT2D eigenvalue weighted by molar-refractivity contribution is 0.363. The summed E-state index contributed by atoms with van der Waals surface area (Å²) >= 11 is 0. The zero-order chi connectivity index (χ0) is 11.7. The molecule has 2 fully saturated rings. The van der Waals surface area contributed by atoms with Gasteiger partial charge in [0, 0.05) is 19.3 Å². The Bertz CT molecular complexity index is 375. The Kier molecular flexibility index (Phi) is 2.95. The van der Waals surface area contributed by atoms with Crippen LogP contribution in [0.25, 0.3) is 0 Å². The third kappa shape index (κ3) is 2.39. The van der Waals surface area contributed by atoms with Gasteiger partial charge in [0.1, 0.15) is 0 Å². The van der Waals surface area contributed by atoms with Crippen LogP contribution in [0.5, 0.6) is 0 Å². The number of nitrogens with one attached hydrogen (secondary N) is 1. The third-order valence-corrected chi connectivity index (χ3v) is 4.35. The molecule has 94 valence electrons. The van der Waals surface area contributed by atoms with Crippen molar-refractivity contribution < 1.29 is 0 Å². The van der Waals surface area contributed by atoms with Gasteiger partial charge in [-0.1, -0.05) is 6.92 Å². The maximum Gasteiger partial charge on any atom is 0.0948 e. The van der Waals surface area contributed by atoms with E-state index in [1.165, 1.54) is 44.3 Å². The number of hydrogen-bond donors (Lipinski definition) is 1. The summed E-state index contributed by atoms with van der Waals surface area (Å²) in [6.07, 6.45) is 11.1. The minimum atomic E-state index is 0.667. The van der Waals surface area contributed by atoms with Crippen molar-refractivity contribution in [2.24, 2.45) is 11.3 Å². The summed E-state index contributed by atoms with van der Waals surface area (Å²) < 4.78 is 2.38. The molecule has 17 heavy (non-hydrogen) atoms. The number of aromatic nitrogens is 2. The van der Waals surface area contributed by atoms with Crippen LogP contribution in [0.1, 0.15) is 44.7 Å². The van der Waals surface area contributed by atoms with Gasteiger partial charge in [-0.3, -0.25) is 0 Å². The van der Waals surface area contributed by atoms with Gasteiger partial charge in [-0.25, -0.2) is 4.98 Å². The van der Waals surface area contributed by atoms with Crippen molar-refractivity contribution in [3.63, 3.8) is 0 Å². The van der Waals surface area contributed by atoms with E-state index in [0.717, 1.165) is 19.0 Å². The monoisotopic (exact) mass is 233 g/mol. The maximum absolute atomic E-state index is 4.32. The summed E-state index contributed by atoms with van der Waals surface area (Å²) in [6.45, 7) is 5.48. The van der Waals surface area contributed by atoms with Crippen LogP contribution in [-0.2, 0) is 13.1 Å². The highest BCUT2D eigenvalue weighted by Crippen LogP contribution is 2.62. The molecular weight excluding hydrogens is 210 g/mol. The summed E-state index contributed by atoms with van der Waals surface area (Å²) in [5, 5.41) is 3.47. The Morgan fingerprint density at radius 2 is 2.29 bits per heavy atom. The number of imidazole rings is 1. The lowest BCUT2D eigenvalue weighted by atomic mass is 10.0. The molecule has 0 saturated heterocycles. The van der Waals surface area contributed by atoms with Crippen LogP contribution in [0, 0.1) is 11.3 Å². The van der Waals surface area contributed by atoms with E-state index >= 15 is 0 Å². The number of nitrogens with zero attached hydrogens (tertiary/aromatic N) is 2. The van der Waals surface area contributed by atoms with E-state index in [1.54, 1.807) is 0 Å². The van der Waals surface area contributed by atoms with E-state index in [1.807, 2.05) is 12.5 Å². The number of hydrogen-bond acceptors (Lipinski definition) is 2. The van der Waals surface area contributed by atoms with Gasteiger partial charge < -0.3 is 9.88 Å². The highest BCUT2D eigenvalue weighted by molar-refractivity contribution is 5.07. The van der Waals surface area contributed by atoms with Crippen LogP contribution in [0.2, 0.25) is 0 Å². The predicted molar refractivity (Wildman–Crippen MR) is 68.6 cm³/mol. The van der Waals surface area contributed by atoms with Crippen LogP contribution in [-0.4, -0.2) is 16.1 Å². The molecule has 1 aromatic rings. The molecule has 1 heterocycles. The van der Waals surface area contributed by atoms with Crippen molar-refractivity contribution in [3.8, 4) is 0 Å². The Labute approximate surface area is 104 Å². The molecule has 0 aliphatic heterocycles. The molecule has 3 heteroatoms. The normalized spacial score (nSPS) is 21.7. The van der Waals surface area contributed by atoms with Gasteiger partial charge in [0.05, 0.1) is 12.0 Å². The zero-order valence-corrected chi connectivity index (χ0v) is 10.8. The summed E-state index contributed by atoms with van der Waals surface area (Å²) in [7, 11) is 0. The maximum atomic E-state index is 4.32. The Morgan fingerprint density at radius 3 is 2.94 bits per heavy atom. The Morgan fingerprint density at radius 1 is 1.47 bits per heavy atom. The smallest absolute Gasteiger partial charge is 0.0948 e. The highest BCUT2D eigenvalue weighted by atomic mass is 15.1. The standard InChI is InChI=1S/C14H23N3/c1-2-7-15-8-13-9-16-11-17(13)10-14(5-6-14)12-3-4-12/h9,11-12,15H,2-8,10H2,1H3. The molecule has 0 spiro atoms. The van der Waals surface area contributed by atoms with Crippen LogP contribution in [0.15, 0.2) is 12.5 Å². The van der Waals surface area contributed by atoms with Crippen molar-refractivity contribution in [2.45, 2.75) is 52.1 Å². The molecule has 0 aromatic carbocycles. The largest absolute Gasteiger partial charge is 0.333 e. The summed E-state index contributed by atoms with van der Waals surface area (Å²) in [5.74, 6) is 1.03. The molecule has 0 bridgehead atoms. The Hall–Kier alpha value is -0.830. The summed E-state index contributed by atoms with van der Waals surface area (Å²) in [5.41, 5.74) is 2.02. The van der Waals surface area contributed by atoms with Crippen molar-refractivity contribution in [1.29, 1.82) is 0 Å². The minimum absolute atomic E-state index is 0.667. The SMILES string of the molecule is CCCNCc1cncn1CC1(C2CC2)CC1. The topological polar surface area (TPSA) is 29.9 Å². The zero-order valence-electron chi connectivity index (χ0n) is 10.8. The first-order valence-corrected chi connectivity index (χ1v) is 7.04. The molecule has 1 aromatic heterocycles. The van der Waals surface area contributed by atoms with Crippen molar-refractivity contribution >= 4 is 0 Å². The van der Waals surface area contributed by atoms with Gasteiger partial charge in [-0.05, 0) is 50.0 Å². The van der Waals surface area contributed by atoms with E-state index in [0.29, 0.717) is 5.41 Å². The van der Waals surface area contributed by atoms with Gasteiger partial charge in [-0.15, -0.1) is 0 Å².